The highest BCUT2D eigenvalue weighted by atomic mass is 16.1. The normalized spacial score (nSPS) is 11.4. The van der Waals surface area contributed by atoms with Crippen molar-refractivity contribution in [3.8, 4) is 6.07 Å². The van der Waals surface area contributed by atoms with Crippen LogP contribution >= 0.6 is 0 Å². The van der Waals surface area contributed by atoms with Gasteiger partial charge in [0.2, 0.25) is 5.91 Å². The van der Waals surface area contributed by atoms with E-state index in [1.54, 1.807) is 18.5 Å². The SMILES string of the molecule is Cc1cnccc1NC(=O)C(C#N)Cc1ccccc1. The molecule has 100 valence electrons. The Morgan fingerprint density at radius 3 is 2.75 bits per heavy atom. The summed E-state index contributed by atoms with van der Waals surface area (Å²) in [5.41, 5.74) is 2.54. The summed E-state index contributed by atoms with van der Waals surface area (Å²) in [6.07, 6.45) is 3.70. The van der Waals surface area contributed by atoms with Gasteiger partial charge in [-0.05, 0) is 30.5 Å². The second kappa shape index (κ2) is 6.48. The van der Waals surface area contributed by atoms with Crippen molar-refractivity contribution in [1.29, 1.82) is 5.26 Å². The zero-order valence-corrected chi connectivity index (χ0v) is 11.2. The standard InChI is InChI=1S/C16H15N3O/c1-12-11-18-8-7-15(12)19-16(20)14(10-17)9-13-5-3-2-4-6-13/h2-8,11,14H,9H2,1H3,(H,18,19,20). The van der Waals surface area contributed by atoms with E-state index in [0.717, 1.165) is 11.1 Å². The van der Waals surface area contributed by atoms with E-state index in [4.69, 9.17) is 0 Å². The second-order valence-electron chi connectivity index (χ2n) is 4.55. The first-order chi connectivity index (χ1) is 9.70. The summed E-state index contributed by atoms with van der Waals surface area (Å²) in [4.78, 5) is 16.1. The van der Waals surface area contributed by atoms with Gasteiger partial charge in [-0.2, -0.15) is 5.26 Å². The summed E-state index contributed by atoms with van der Waals surface area (Å²) in [5.74, 6) is -0.990. The molecule has 0 fully saturated rings. The number of nitrogens with one attached hydrogen (secondary N) is 1. The summed E-state index contributed by atoms with van der Waals surface area (Å²) in [7, 11) is 0. The minimum Gasteiger partial charge on any atom is -0.325 e. The van der Waals surface area contributed by atoms with Crippen molar-refractivity contribution in [1.82, 2.24) is 4.98 Å². The number of amides is 1. The van der Waals surface area contributed by atoms with Crippen LogP contribution in [-0.2, 0) is 11.2 Å². The van der Waals surface area contributed by atoms with Crippen LogP contribution in [0.4, 0.5) is 5.69 Å². The predicted octanol–water partition coefficient (Wildman–Crippen LogP) is 2.71. The third-order valence-electron chi connectivity index (χ3n) is 3.03. The number of nitrogens with zero attached hydrogens (tertiary/aromatic N) is 2. The summed E-state index contributed by atoms with van der Waals surface area (Å²) in [5, 5.41) is 12.0. The quantitative estimate of drug-likeness (QED) is 0.924. The van der Waals surface area contributed by atoms with Gasteiger partial charge >= 0.3 is 0 Å². The van der Waals surface area contributed by atoms with Crippen molar-refractivity contribution in [2.75, 3.05) is 5.32 Å². The number of anilines is 1. The average molecular weight is 265 g/mol. The summed E-state index contributed by atoms with van der Waals surface area (Å²) in [6.45, 7) is 1.86. The molecule has 0 radical (unpaired) electrons. The van der Waals surface area contributed by atoms with E-state index in [1.165, 1.54) is 0 Å². The Kier molecular flexibility index (Phi) is 4.46. The van der Waals surface area contributed by atoms with Crippen LogP contribution in [0.3, 0.4) is 0 Å². The van der Waals surface area contributed by atoms with Crippen LogP contribution in [0.2, 0.25) is 0 Å². The van der Waals surface area contributed by atoms with Gasteiger partial charge in [-0.15, -0.1) is 0 Å². The van der Waals surface area contributed by atoms with Crippen molar-refractivity contribution in [2.45, 2.75) is 13.3 Å². The molecule has 1 aromatic heterocycles. The minimum absolute atomic E-state index is 0.286. The van der Waals surface area contributed by atoms with Crippen molar-refractivity contribution in [3.05, 3.63) is 59.9 Å². The molecular weight excluding hydrogens is 250 g/mol. The second-order valence-corrected chi connectivity index (χ2v) is 4.55. The number of benzene rings is 1. The van der Waals surface area contributed by atoms with Crippen LogP contribution in [0.5, 0.6) is 0 Å². The number of carbonyl (C=O) groups excluding carboxylic acids is 1. The molecule has 0 saturated heterocycles. The Morgan fingerprint density at radius 1 is 1.35 bits per heavy atom. The molecule has 0 aliphatic rings. The van der Waals surface area contributed by atoms with Gasteiger partial charge in [0.1, 0.15) is 5.92 Å². The van der Waals surface area contributed by atoms with E-state index in [2.05, 4.69) is 16.4 Å². The van der Waals surface area contributed by atoms with E-state index >= 15 is 0 Å². The lowest BCUT2D eigenvalue weighted by Crippen LogP contribution is -2.23. The number of hydrogen-bond donors (Lipinski definition) is 1. The average Bonchev–Trinajstić information content (AvgIpc) is 2.48. The van der Waals surface area contributed by atoms with E-state index in [-0.39, 0.29) is 5.91 Å². The van der Waals surface area contributed by atoms with Gasteiger partial charge in [-0.1, -0.05) is 30.3 Å². The molecule has 1 heterocycles. The zero-order chi connectivity index (χ0) is 14.4. The van der Waals surface area contributed by atoms with Crippen LogP contribution in [0.15, 0.2) is 48.8 Å². The lowest BCUT2D eigenvalue weighted by Gasteiger charge is -2.11. The van der Waals surface area contributed by atoms with Crippen LogP contribution in [0, 0.1) is 24.2 Å². The third-order valence-corrected chi connectivity index (χ3v) is 3.03. The Bertz CT molecular complexity index is 632. The maximum absolute atomic E-state index is 12.1. The van der Waals surface area contributed by atoms with Crippen molar-refractivity contribution in [3.63, 3.8) is 0 Å². The fourth-order valence-corrected chi connectivity index (χ4v) is 1.88. The van der Waals surface area contributed by atoms with Crippen LogP contribution in [-0.4, -0.2) is 10.9 Å². The molecule has 0 aliphatic heterocycles. The number of nitriles is 1. The molecule has 4 nitrogen and oxygen atoms in total. The molecule has 1 N–H and O–H groups in total. The molecule has 1 amide bonds. The molecular formula is C16H15N3O. The molecule has 20 heavy (non-hydrogen) atoms. The largest absolute Gasteiger partial charge is 0.325 e. The Hall–Kier alpha value is -2.67. The van der Waals surface area contributed by atoms with E-state index < -0.39 is 5.92 Å². The maximum Gasteiger partial charge on any atom is 0.242 e. The highest BCUT2D eigenvalue weighted by Gasteiger charge is 2.19. The highest BCUT2D eigenvalue weighted by Crippen LogP contribution is 2.15. The topological polar surface area (TPSA) is 65.8 Å². The Balaban J connectivity index is 2.07. The van der Waals surface area contributed by atoms with Crippen LogP contribution in [0.1, 0.15) is 11.1 Å². The molecule has 0 saturated carbocycles. The lowest BCUT2D eigenvalue weighted by molar-refractivity contribution is -0.118. The minimum atomic E-state index is -0.704. The first-order valence-electron chi connectivity index (χ1n) is 6.35. The Morgan fingerprint density at radius 2 is 2.10 bits per heavy atom. The fourth-order valence-electron chi connectivity index (χ4n) is 1.88. The van der Waals surface area contributed by atoms with Crippen molar-refractivity contribution in [2.24, 2.45) is 5.92 Å². The van der Waals surface area contributed by atoms with Crippen molar-refractivity contribution >= 4 is 11.6 Å². The van der Waals surface area contributed by atoms with Gasteiger partial charge in [0.15, 0.2) is 0 Å². The lowest BCUT2D eigenvalue weighted by atomic mass is 10.00. The fraction of sp³-hybridized carbons (Fsp3) is 0.188. The molecule has 1 unspecified atom stereocenters. The van der Waals surface area contributed by atoms with Crippen LogP contribution < -0.4 is 5.32 Å². The third kappa shape index (κ3) is 3.42. The van der Waals surface area contributed by atoms with E-state index in [0.29, 0.717) is 12.1 Å². The summed E-state index contributed by atoms with van der Waals surface area (Å²) in [6, 6.07) is 13.3. The van der Waals surface area contributed by atoms with Gasteiger partial charge in [-0.25, -0.2) is 0 Å². The summed E-state index contributed by atoms with van der Waals surface area (Å²) < 4.78 is 0. The zero-order valence-electron chi connectivity index (χ0n) is 11.2. The number of rotatable bonds is 4. The monoisotopic (exact) mass is 265 g/mol. The smallest absolute Gasteiger partial charge is 0.242 e. The molecule has 0 spiro atoms. The number of aromatic nitrogens is 1. The molecule has 0 bridgehead atoms. The van der Waals surface area contributed by atoms with Crippen molar-refractivity contribution < 1.29 is 4.79 Å². The summed E-state index contributed by atoms with van der Waals surface area (Å²) >= 11 is 0. The highest BCUT2D eigenvalue weighted by molar-refractivity contribution is 5.94. The molecule has 1 aromatic carbocycles. The number of pyridine rings is 1. The predicted molar refractivity (Wildman–Crippen MR) is 76.9 cm³/mol. The number of carbonyl (C=O) groups is 1. The molecule has 0 aliphatic carbocycles. The van der Waals surface area contributed by atoms with E-state index in [9.17, 15) is 10.1 Å². The number of hydrogen-bond acceptors (Lipinski definition) is 3. The Labute approximate surface area is 118 Å². The van der Waals surface area contributed by atoms with Gasteiger partial charge in [0, 0.05) is 18.1 Å². The van der Waals surface area contributed by atoms with Gasteiger partial charge in [-0.3, -0.25) is 9.78 Å². The molecule has 1 atom stereocenters. The molecule has 2 rings (SSSR count). The molecule has 4 heteroatoms. The number of aryl methyl sites for hydroxylation is 1. The van der Waals surface area contributed by atoms with E-state index in [1.807, 2.05) is 37.3 Å². The molecule has 2 aromatic rings. The van der Waals surface area contributed by atoms with Gasteiger partial charge in [0.25, 0.3) is 0 Å². The van der Waals surface area contributed by atoms with Gasteiger partial charge in [0.05, 0.1) is 6.07 Å². The van der Waals surface area contributed by atoms with Crippen LogP contribution in [0.25, 0.3) is 0 Å². The first kappa shape index (κ1) is 13.8. The van der Waals surface area contributed by atoms with Gasteiger partial charge < -0.3 is 5.32 Å². The first-order valence-corrected chi connectivity index (χ1v) is 6.35. The maximum atomic E-state index is 12.1.